The standard InChI is InChI=1S/C14H22FN3S/c1-17(2)8-5-9-18(3)10-11-6-4-7-12(13(11)15)14(16)19/h4,6-7H,5,8-10H2,1-3H3,(H2,16,19). The van der Waals surface area contributed by atoms with E-state index in [0.717, 1.165) is 19.5 Å². The minimum absolute atomic E-state index is 0.106. The normalized spacial score (nSPS) is 11.3. The first-order valence-electron chi connectivity index (χ1n) is 6.32. The Morgan fingerprint density at radius 3 is 2.53 bits per heavy atom. The molecular weight excluding hydrogens is 261 g/mol. The summed E-state index contributed by atoms with van der Waals surface area (Å²) in [5.41, 5.74) is 6.46. The van der Waals surface area contributed by atoms with Crippen molar-refractivity contribution in [2.24, 2.45) is 5.73 Å². The summed E-state index contributed by atoms with van der Waals surface area (Å²) in [7, 11) is 6.08. The molecule has 0 atom stereocenters. The van der Waals surface area contributed by atoms with Gasteiger partial charge in [-0.1, -0.05) is 24.4 Å². The van der Waals surface area contributed by atoms with Gasteiger partial charge in [-0.15, -0.1) is 0 Å². The zero-order valence-electron chi connectivity index (χ0n) is 11.8. The van der Waals surface area contributed by atoms with Gasteiger partial charge in [-0.05, 0) is 46.7 Å². The summed E-state index contributed by atoms with van der Waals surface area (Å²) in [5, 5.41) is 0. The lowest BCUT2D eigenvalue weighted by Gasteiger charge is -2.19. The van der Waals surface area contributed by atoms with Crippen molar-refractivity contribution in [3.8, 4) is 0 Å². The molecule has 0 saturated carbocycles. The third-order valence-corrected chi connectivity index (χ3v) is 3.15. The third kappa shape index (κ3) is 5.22. The average Bonchev–Trinajstić information content (AvgIpc) is 2.31. The zero-order valence-corrected chi connectivity index (χ0v) is 12.6. The molecule has 106 valence electrons. The number of nitrogens with two attached hydrogens (primary N) is 1. The Bertz CT molecular complexity index is 435. The molecule has 0 spiro atoms. The number of nitrogens with zero attached hydrogens (tertiary/aromatic N) is 2. The summed E-state index contributed by atoms with van der Waals surface area (Å²) in [6.45, 7) is 2.52. The maximum absolute atomic E-state index is 14.1. The molecule has 3 nitrogen and oxygen atoms in total. The summed E-state index contributed by atoms with van der Waals surface area (Å²) < 4.78 is 14.1. The van der Waals surface area contributed by atoms with Gasteiger partial charge in [-0.3, -0.25) is 0 Å². The van der Waals surface area contributed by atoms with E-state index in [-0.39, 0.29) is 10.8 Å². The largest absolute Gasteiger partial charge is 0.389 e. The van der Waals surface area contributed by atoms with Crippen molar-refractivity contribution in [3.05, 3.63) is 35.1 Å². The van der Waals surface area contributed by atoms with Crippen molar-refractivity contribution in [1.29, 1.82) is 0 Å². The molecule has 2 N–H and O–H groups in total. The second kappa shape index (κ2) is 7.53. The summed E-state index contributed by atoms with van der Waals surface area (Å²) >= 11 is 4.84. The van der Waals surface area contributed by atoms with Crippen molar-refractivity contribution < 1.29 is 4.39 Å². The fourth-order valence-corrected chi connectivity index (χ4v) is 2.08. The molecule has 0 radical (unpaired) electrons. The molecule has 0 heterocycles. The van der Waals surface area contributed by atoms with E-state index in [1.165, 1.54) is 0 Å². The van der Waals surface area contributed by atoms with Gasteiger partial charge in [0.05, 0.1) is 0 Å². The number of hydrogen-bond donors (Lipinski definition) is 1. The van der Waals surface area contributed by atoms with E-state index in [1.54, 1.807) is 18.2 Å². The molecule has 0 amide bonds. The molecule has 19 heavy (non-hydrogen) atoms. The van der Waals surface area contributed by atoms with E-state index >= 15 is 0 Å². The lowest BCUT2D eigenvalue weighted by molar-refractivity contribution is 0.291. The minimum atomic E-state index is -0.297. The van der Waals surface area contributed by atoms with Gasteiger partial charge in [0.1, 0.15) is 10.8 Å². The van der Waals surface area contributed by atoms with E-state index < -0.39 is 0 Å². The molecule has 1 aromatic rings. The van der Waals surface area contributed by atoms with Gasteiger partial charge in [0.2, 0.25) is 0 Å². The van der Waals surface area contributed by atoms with Gasteiger partial charge in [-0.2, -0.15) is 0 Å². The van der Waals surface area contributed by atoms with Crippen LogP contribution in [0.5, 0.6) is 0 Å². The van der Waals surface area contributed by atoms with Crippen molar-refractivity contribution in [2.45, 2.75) is 13.0 Å². The molecule has 0 aliphatic rings. The lowest BCUT2D eigenvalue weighted by atomic mass is 10.1. The van der Waals surface area contributed by atoms with E-state index in [2.05, 4.69) is 9.80 Å². The second-order valence-corrected chi connectivity index (χ2v) is 5.48. The van der Waals surface area contributed by atoms with Crippen molar-refractivity contribution in [3.63, 3.8) is 0 Å². The van der Waals surface area contributed by atoms with E-state index in [4.69, 9.17) is 18.0 Å². The molecule has 5 heteroatoms. The van der Waals surface area contributed by atoms with Gasteiger partial charge in [-0.25, -0.2) is 4.39 Å². The quantitative estimate of drug-likeness (QED) is 0.774. The van der Waals surface area contributed by atoms with Crippen LogP contribution in [0.15, 0.2) is 18.2 Å². The van der Waals surface area contributed by atoms with Gasteiger partial charge >= 0.3 is 0 Å². The number of hydrogen-bond acceptors (Lipinski definition) is 3. The summed E-state index contributed by atoms with van der Waals surface area (Å²) in [4.78, 5) is 4.35. The van der Waals surface area contributed by atoms with Crippen LogP contribution < -0.4 is 5.73 Å². The summed E-state index contributed by atoms with van der Waals surface area (Å²) in [5.74, 6) is -0.297. The number of halogens is 1. The number of rotatable bonds is 7. The van der Waals surface area contributed by atoms with E-state index in [9.17, 15) is 4.39 Å². The highest BCUT2D eigenvalue weighted by Crippen LogP contribution is 2.14. The summed E-state index contributed by atoms with van der Waals surface area (Å²) in [6.07, 6.45) is 1.06. The Morgan fingerprint density at radius 2 is 1.95 bits per heavy atom. The Labute approximate surface area is 120 Å². The highest BCUT2D eigenvalue weighted by molar-refractivity contribution is 7.80. The first-order chi connectivity index (χ1) is 8.91. The number of benzene rings is 1. The molecule has 0 bridgehead atoms. The van der Waals surface area contributed by atoms with Gasteiger partial charge in [0.15, 0.2) is 0 Å². The van der Waals surface area contributed by atoms with Gasteiger partial charge < -0.3 is 15.5 Å². The first kappa shape index (κ1) is 16.0. The highest BCUT2D eigenvalue weighted by Gasteiger charge is 2.11. The maximum Gasteiger partial charge on any atom is 0.137 e. The van der Waals surface area contributed by atoms with Crippen molar-refractivity contribution in [2.75, 3.05) is 34.2 Å². The third-order valence-electron chi connectivity index (χ3n) is 2.93. The molecule has 0 aliphatic heterocycles. The Balaban J connectivity index is 2.61. The van der Waals surface area contributed by atoms with Crippen LogP contribution in [0.4, 0.5) is 4.39 Å². The topological polar surface area (TPSA) is 32.5 Å². The Kier molecular flexibility index (Phi) is 6.34. The Morgan fingerprint density at radius 1 is 1.26 bits per heavy atom. The van der Waals surface area contributed by atoms with Crippen LogP contribution in [0.25, 0.3) is 0 Å². The molecule has 0 fully saturated rings. The fourth-order valence-electron chi connectivity index (χ4n) is 1.92. The van der Waals surface area contributed by atoms with Crippen LogP contribution in [0, 0.1) is 5.82 Å². The van der Waals surface area contributed by atoms with Crippen LogP contribution in [-0.4, -0.2) is 49.0 Å². The number of thiocarbonyl (C=S) groups is 1. The van der Waals surface area contributed by atoms with Gasteiger partial charge in [0.25, 0.3) is 0 Å². The molecule has 0 aliphatic carbocycles. The van der Waals surface area contributed by atoms with Gasteiger partial charge in [0, 0.05) is 17.7 Å². The van der Waals surface area contributed by atoms with Crippen LogP contribution >= 0.6 is 12.2 Å². The fraction of sp³-hybridized carbons (Fsp3) is 0.500. The molecule has 1 aromatic carbocycles. The molecule has 1 rings (SSSR count). The molecule has 0 unspecified atom stereocenters. The summed E-state index contributed by atoms with van der Waals surface area (Å²) in [6, 6.07) is 5.19. The monoisotopic (exact) mass is 283 g/mol. The predicted molar refractivity (Wildman–Crippen MR) is 81.8 cm³/mol. The maximum atomic E-state index is 14.1. The minimum Gasteiger partial charge on any atom is -0.389 e. The second-order valence-electron chi connectivity index (χ2n) is 5.04. The predicted octanol–water partition coefficient (Wildman–Crippen LogP) is 1.84. The van der Waals surface area contributed by atoms with Crippen molar-refractivity contribution >= 4 is 17.2 Å². The smallest absolute Gasteiger partial charge is 0.137 e. The first-order valence-corrected chi connectivity index (χ1v) is 6.73. The lowest BCUT2D eigenvalue weighted by Crippen LogP contribution is -2.24. The SMILES string of the molecule is CN(C)CCCN(C)Cc1cccc(C(N)=S)c1F. The zero-order chi connectivity index (χ0) is 14.4. The highest BCUT2D eigenvalue weighted by atomic mass is 32.1. The van der Waals surface area contributed by atoms with E-state index in [0.29, 0.717) is 17.7 Å². The Hall–Kier alpha value is -1.04. The molecular formula is C14H22FN3S. The van der Waals surface area contributed by atoms with Crippen LogP contribution in [-0.2, 0) is 6.54 Å². The molecule has 0 saturated heterocycles. The van der Waals surface area contributed by atoms with E-state index in [1.807, 2.05) is 21.1 Å². The van der Waals surface area contributed by atoms with Crippen LogP contribution in [0.1, 0.15) is 17.5 Å². The average molecular weight is 283 g/mol. The molecule has 0 aromatic heterocycles. The van der Waals surface area contributed by atoms with Crippen molar-refractivity contribution in [1.82, 2.24) is 9.80 Å². The van der Waals surface area contributed by atoms with Crippen LogP contribution in [0.2, 0.25) is 0 Å². The van der Waals surface area contributed by atoms with Crippen LogP contribution in [0.3, 0.4) is 0 Å².